The maximum atomic E-state index is 12.6. The van der Waals surface area contributed by atoms with Crippen LogP contribution in [-0.4, -0.2) is 29.8 Å². The van der Waals surface area contributed by atoms with Gasteiger partial charge in [0.1, 0.15) is 0 Å². The second-order valence-electron chi connectivity index (χ2n) is 6.02. The van der Waals surface area contributed by atoms with Crippen molar-refractivity contribution < 1.29 is 9.59 Å². The number of halogens is 1. The fourth-order valence-corrected chi connectivity index (χ4v) is 3.85. The van der Waals surface area contributed by atoms with Crippen LogP contribution < -0.4 is 5.32 Å². The Balaban J connectivity index is 1.65. The number of rotatable bonds is 3. The summed E-state index contributed by atoms with van der Waals surface area (Å²) in [6.07, 6.45) is 1.64. The monoisotopic (exact) mass is 362 g/mol. The zero-order valence-electron chi connectivity index (χ0n) is 13.4. The smallest absolute Gasteiger partial charge is 0.263 e. The molecule has 126 valence electrons. The van der Waals surface area contributed by atoms with E-state index in [-0.39, 0.29) is 17.7 Å². The predicted octanol–water partition coefficient (Wildman–Crippen LogP) is 4.20. The number of hydrogen-bond acceptors (Lipinski definition) is 3. The third-order valence-electron chi connectivity index (χ3n) is 4.26. The van der Waals surface area contributed by atoms with E-state index in [4.69, 9.17) is 11.6 Å². The van der Waals surface area contributed by atoms with Crippen LogP contribution in [0.3, 0.4) is 0 Å². The van der Waals surface area contributed by atoms with Gasteiger partial charge in [0.2, 0.25) is 5.91 Å². The molecule has 1 fully saturated rings. The SMILES string of the molecule is Cc1cc(Cl)ccc1NC(=O)[C@@H]1CCCN(C(=O)c2cccs2)C1. The van der Waals surface area contributed by atoms with Gasteiger partial charge in [-0.15, -0.1) is 11.3 Å². The van der Waals surface area contributed by atoms with Gasteiger partial charge in [-0.25, -0.2) is 0 Å². The van der Waals surface area contributed by atoms with Gasteiger partial charge >= 0.3 is 0 Å². The van der Waals surface area contributed by atoms with Crippen LogP contribution in [0.5, 0.6) is 0 Å². The first kappa shape index (κ1) is 17.0. The van der Waals surface area contributed by atoms with Gasteiger partial charge in [0.05, 0.1) is 10.8 Å². The molecule has 2 aromatic rings. The van der Waals surface area contributed by atoms with Gasteiger partial charge in [-0.1, -0.05) is 17.7 Å². The number of anilines is 1. The highest BCUT2D eigenvalue weighted by Crippen LogP contribution is 2.24. The molecule has 1 aromatic heterocycles. The quantitative estimate of drug-likeness (QED) is 0.889. The van der Waals surface area contributed by atoms with E-state index in [0.29, 0.717) is 18.1 Å². The molecule has 0 aliphatic carbocycles. The number of carbonyl (C=O) groups is 2. The zero-order valence-corrected chi connectivity index (χ0v) is 15.0. The van der Waals surface area contributed by atoms with E-state index in [9.17, 15) is 9.59 Å². The van der Waals surface area contributed by atoms with E-state index in [0.717, 1.165) is 29.0 Å². The molecule has 1 atom stereocenters. The minimum Gasteiger partial charge on any atom is -0.337 e. The Hall–Kier alpha value is -1.85. The van der Waals surface area contributed by atoms with Crippen LogP contribution in [0.2, 0.25) is 5.02 Å². The van der Waals surface area contributed by atoms with E-state index in [2.05, 4.69) is 5.32 Å². The second-order valence-corrected chi connectivity index (χ2v) is 7.40. The van der Waals surface area contributed by atoms with Crippen LogP contribution in [0.1, 0.15) is 28.1 Å². The van der Waals surface area contributed by atoms with Crippen molar-refractivity contribution in [1.29, 1.82) is 0 Å². The van der Waals surface area contributed by atoms with Gasteiger partial charge in [-0.3, -0.25) is 9.59 Å². The van der Waals surface area contributed by atoms with Crippen molar-refractivity contribution in [2.45, 2.75) is 19.8 Å². The lowest BCUT2D eigenvalue weighted by Gasteiger charge is -2.31. The van der Waals surface area contributed by atoms with Gasteiger partial charge in [-0.2, -0.15) is 0 Å². The van der Waals surface area contributed by atoms with Crippen molar-refractivity contribution >= 4 is 40.4 Å². The van der Waals surface area contributed by atoms with E-state index in [1.165, 1.54) is 11.3 Å². The number of piperidine rings is 1. The highest BCUT2D eigenvalue weighted by Gasteiger charge is 2.29. The van der Waals surface area contributed by atoms with E-state index in [1.54, 1.807) is 11.0 Å². The summed E-state index contributed by atoms with van der Waals surface area (Å²) >= 11 is 7.39. The molecule has 0 unspecified atom stereocenters. The average molecular weight is 363 g/mol. The molecule has 0 bridgehead atoms. The molecule has 1 aliphatic heterocycles. The fourth-order valence-electron chi connectivity index (χ4n) is 2.93. The van der Waals surface area contributed by atoms with E-state index < -0.39 is 0 Å². The Morgan fingerprint density at radius 1 is 1.33 bits per heavy atom. The Morgan fingerprint density at radius 2 is 2.17 bits per heavy atom. The third-order valence-corrected chi connectivity index (χ3v) is 5.35. The molecule has 2 amide bonds. The molecule has 4 nitrogen and oxygen atoms in total. The maximum absolute atomic E-state index is 12.6. The lowest BCUT2D eigenvalue weighted by atomic mass is 9.96. The second kappa shape index (κ2) is 7.36. The summed E-state index contributed by atoms with van der Waals surface area (Å²) in [6, 6.07) is 9.10. The average Bonchev–Trinajstić information content (AvgIpc) is 3.11. The number of nitrogens with one attached hydrogen (secondary N) is 1. The van der Waals surface area contributed by atoms with Crippen LogP contribution in [0.15, 0.2) is 35.7 Å². The lowest BCUT2D eigenvalue weighted by molar-refractivity contribution is -0.121. The number of nitrogens with zero attached hydrogens (tertiary/aromatic N) is 1. The minimum atomic E-state index is -0.183. The Kier molecular flexibility index (Phi) is 5.21. The topological polar surface area (TPSA) is 49.4 Å². The van der Waals surface area contributed by atoms with Crippen LogP contribution in [-0.2, 0) is 4.79 Å². The van der Waals surface area contributed by atoms with Crippen molar-refractivity contribution in [1.82, 2.24) is 4.90 Å². The van der Waals surface area contributed by atoms with Gasteiger partial charge in [-0.05, 0) is 55.0 Å². The summed E-state index contributed by atoms with van der Waals surface area (Å²) in [7, 11) is 0. The third kappa shape index (κ3) is 3.79. The summed E-state index contributed by atoms with van der Waals surface area (Å²) in [6.45, 7) is 3.09. The number of amides is 2. The number of carbonyl (C=O) groups excluding carboxylic acids is 2. The molecule has 6 heteroatoms. The summed E-state index contributed by atoms with van der Waals surface area (Å²) < 4.78 is 0. The highest BCUT2D eigenvalue weighted by atomic mass is 35.5. The highest BCUT2D eigenvalue weighted by molar-refractivity contribution is 7.12. The van der Waals surface area contributed by atoms with Crippen LogP contribution in [0, 0.1) is 12.8 Å². The first-order valence-electron chi connectivity index (χ1n) is 7.94. The number of benzene rings is 1. The molecule has 1 N–H and O–H groups in total. The zero-order chi connectivity index (χ0) is 17.1. The first-order chi connectivity index (χ1) is 11.5. The van der Waals surface area contributed by atoms with Crippen LogP contribution >= 0.6 is 22.9 Å². The molecule has 0 spiro atoms. The van der Waals surface area contributed by atoms with Crippen molar-refractivity contribution in [2.24, 2.45) is 5.92 Å². The van der Waals surface area contributed by atoms with Crippen LogP contribution in [0.25, 0.3) is 0 Å². The Labute approximate surface area is 150 Å². The maximum Gasteiger partial charge on any atom is 0.263 e. The summed E-state index contributed by atoms with van der Waals surface area (Å²) in [5.74, 6) is -0.202. The van der Waals surface area contributed by atoms with Gasteiger partial charge in [0, 0.05) is 23.8 Å². The Bertz CT molecular complexity index is 745. The van der Waals surface area contributed by atoms with Gasteiger partial charge < -0.3 is 10.2 Å². The number of likely N-dealkylation sites (tertiary alicyclic amines) is 1. The number of thiophene rings is 1. The Morgan fingerprint density at radius 3 is 2.88 bits per heavy atom. The lowest BCUT2D eigenvalue weighted by Crippen LogP contribution is -2.43. The molecule has 1 aliphatic rings. The summed E-state index contributed by atoms with van der Waals surface area (Å²) in [4.78, 5) is 27.6. The largest absolute Gasteiger partial charge is 0.337 e. The predicted molar refractivity (Wildman–Crippen MR) is 97.8 cm³/mol. The standard InChI is InChI=1S/C18H19ClN2O2S/c1-12-10-14(19)6-7-15(12)20-17(22)13-4-2-8-21(11-13)18(23)16-5-3-9-24-16/h3,5-7,9-10,13H,2,4,8,11H2,1H3,(H,20,22)/t13-/m1/s1. The molecular weight excluding hydrogens is 344 g/mol. The molecular formula is C18H19ClN2O2S. The van der Waals surface area contributed by atoms with Gasteiger partial charge in [0.15, 0.2) is 0 Å². The summed E-state index contributed by atoms with van der Waals surface area (Å²) in [5, 5.41) is 5.51. The molecule has 24 heavy (non-hydrogen) atoms. The molecule has 1 saturated heterocycles. The van der Waals surface area contributed by atoms with Crippen molar-refractivity contribution in [2.75, 3.05) is 18.4 Å². The van der Waals surface area contributed by atoms with Crippen molar-refractivity contribution in [3.8, 4) is 0 Å². The van der Waals surface area contributed by atoms with Crippen molar-refractivity contribution in [3.05, 3.63) is 51.2 Å². The first-order valence-corrected chi connectivity index (χ1v) is 9.20. The molecule has 3 rings (SSSR count). The van der Waals surface area contributed by atoms with E-state index in [1.807, 2.05) is 36.6 Å². The fraction of sp³-hybridized carbons (Fsp3) is 0.333. The molecule has 0 saturated carbocycles. The van der Waals surface area contributed by atoms with Crippen LogP contribution in [0.4, 0.5) is 5.69 Å². The van der Waals surface area contributed by atoms with Crippen molar-refractivity contribution in [3.63, 3.8) is 0 Å². The molecule has 0 radical (unpaired) electrons. The normalized spacial score (nSPS) is 17.6. The summed E-state index contributed by atoms with van der Waals surface area (Å²) in [5.41, 5.74) is 1.70. The minimum absolute atomic E-state index is 0.0187. The number of aryl methyl sites for hydroxylation is 1. The number of hydrogen-bond donors (Lipinski definition) is 1. The molecule has 2 heterocycles. The van der Waals surface area contributed by atoms with Gasteiger partial charge in [0.25, 0.3) is 5.91 Å². The van der Waals surface area contributed by atoms with E-state index >= 15 is 0 Å². The molecule has 1 aromatic carbocycles.